The Morgan fingerprint density at radius 3 is 2.81 bits per heavy atom. The van der Waals surface area contributed by atoms with Gasteiger partial charge in [0.05, 0.1) is 6.04 Å². The largest absolute Gasteiger partial charge is 0.337 e. The van der Waals surface area contributed by atoms with E-state index in [9.17, 15) is 0 Å². The third-order valence-corrected chi connectivity index (χ3v) is 4.04. The Labute approximate surface area is 127 Å². The molecule has 3 rings (SSSR count). The molecule has 0 aliphatic carbocycles. The second-order valence-electron chi connectivity index (χ2n) is 4.91. The molecule has 1 atom stereocenters. The molecule has 0 fully saturated rings. The van der Waals surface area contributed by atoms with Gasteiger partial charge in [-0.3, -0.25) is 0 Å². The van der Waals surface area contributed by atoms with Crippen LogP contribution in [0, 0.1) is 0 Å². The fraction of sp³-hybridized carbons (Fsp3) is 0.250. The SMILES string of the molecule is CSCCC(N)c1nc(-c2ccc3ccccc3c2)no1. The number of benzene rings is 2. The predicted octanol–water partition coefficient (Wildman–Crippen LogP) is 3.64. The first-order chi connectivity index (χ1) is 10.3. The van der Waals surface area contributed by atoms with Crippen LogP contribution in [-0.4, -0.2) is 22.1 Å². The van der Waals surface area contributed by atoms with Gasteiger partial charge in [-0.15, -0.1) is 0 Å². The molecule has 0 saturated heterocycles. The summed E-state index contributed by atoms with van der Waals surface area (Å²) in [6.45, 7) is 0. The summed E-state index contributed by atoms with van der Waals surface area (Å²) in [4.78, 5) is 4.43. The van der Waals surface area contributed by atoms with Gasteiger partial charge in [-0.1, -0.05) is 41.6 Å². The molecule has 3 aromatic rings. The highest BCUT2D eigenvalue weighted by Gasteiger charge is 2.15. The molecule has 2 aromatic carbocycles. The van der Waals surface area contributed by atoms with Crippen LogP contribution < -0.4 is 5.73 Å². The molecule has 0 amide bonds. The first-order valence-electron chi connectivity index (χ1n) is 6.85. The molecule has 1 unspecified atom stereocenters. The van der Waals surface area contributed by atoms with E-state index in [0.717, 1.165) is 23.1 Å². The van der Waals surface area contributed by atoms with Gasteiger partial charge in [0.25, 0.3) is 0 Å². The normalized spacial score (nSPS) is 12.7. The van der Waals surface area contributed by atoms with Crippen molar-refractivity contribution in [1.29, 1.82) is 0 Å². The lowest BCUT2D eigenvalue weighted by Gasteiger charge is -2.03. The summed E-state index contributed by atoms with van der Waals surface area (Å²) in [6, 6.07) is 14.1. The lowest BCUT2D eigenvalue weighted by Crippen LogP contribution is -2.11. The molecule has 0 aliphatic heterocycles. The smallest absolute Gasteiger partial charge is 0.243 e. The molecule has 108 valence electrons. The van der Waals surface area contributed by atoms with E-state index in [0.29, 0.717) is 11.7 Å². The Bertz CT molecular complexity index is 741. The zero-order valence-electron chi connectivity index (χ0n) is 11.8. The van der Waals surface area contributed by atoms with Crippen molar-refractivity contribution in [2.24, 2.45) is 5.73 Å². The second kappa shape index (κ2) is 6.28. The van der Waals surface area contributed by atoms with Gasteiger partial charge in [0, 0.05) is 5.56 Å². The summed E-state index contributed by atoms with van der Waals surface area (Å²) in [5.74, 6) is 2.08. The Morgan fingerprint density at radius 2 is 2.00 bits per heavy atom. The van der Waals surface area contributed by atoms with Crippen molar-refractivity contribution < 1.29 is 4.52 Å². The maximum absolute atomic E-state index is 6.05. The summed E-state index contributed by atoms with van der Waals surface area (Å²) in [6.07, 6.45) is 2.89. The summed E-state index contributed by atoms with van der Waals surface area (Å²) < 4.78 is 5.29. The molecule has 5 heteroatoms. The number of rotatable bonds is 5. The van der Waals surface area contributed by atoms with Gasteiger partial charge >= 0.3 is 0 Å². The van der Waals surface area contributed by atoms with E-state index in [-0.39, 0.29) is 6.04 Å². The van der Waals surface area contributed by atoms with E-state index in [1.165, 1.54) is 5.39 Å². The average Bonchev–Trinajstić information content (AvgIpc) is 3.02. The number of nitrogens with zero attached hydrogens (tertiary/aromatic N) is 2. The fourth-order valence-corrected chi connectivity index (χ4v) is 2.69. The molecule has 0 bridgehead atoms. The van der Waals surface area contributed by atoms with Crippen molar-refractivity contribution in [3.8, 4) is 11.4 Å². The van der Waals surface area contributed by atoms with Crippen LogP contribution in [0.25, 0.3) is 22.2 Å². The molecule has 4 nitrogen and oxygen atoms in total. The fourth-order valence-electron chi connectivity index (χ4n) is 2.20. The zero-order valence-corrected chi connectivity index (χ0v) is 12.6. The van der Waals surface area contributed by atoms with E-state index >= 15 is 0 Å². The topological polar surface area (TPSA) is 64.9 Å². The third-order valence-electron chi connectivity index (χ3n) is 3.40. The van der Waals surface area contributed by atoms with Gasteiger partial charge in [0.2, 0.25) is 11.7 Å². The van der Waals surface area contributed by atoms with Crippen LogP contribution in [0.15, 0.2) is 47.0 Å². The van der Waals surface area contributed by atoms with E-state index in [4.69, 9.17) is 10.3 Å². The number of thioether (sulfide) groups is 1. The van der Waals surface area contributed by atoms with Crippen LogP contribution >= 0.6 is 11.8 Å². The van der Waals surface area contributed by atoms with Crippen molar-refractivity contribution in [2.75, 3.05) is 12.0 Å². The predicted molar refractivity (Wildman–Crippen MR) is 87.2 cm³/mol. The Hall–Kier alpha value is -1.85. The van der Waals surface area contributed by atoms with Gasteiger partial charge < -0.3 is 10.3 Å². The van der Waals surface area contributed by atoms with Crippen molar-refractivity contribution in [3.63, 3.8) is 0 Å². The Balaban J connectivity index is 1.87. The van der Waals surface area contributed by atoms with Crippen LogP contribution in [0.1, 0.15) is 18.4 Å². The van der Waals surface area contributed by atoms with Gasteiger partial charge in [-0.25, -0.2) is 0 Å². The highest BCUT2D eigenvalue weighted by atomic mass is 32.2. The molecule has 1 heterocycles. The van der Waals surface area contributed by atoms with E-state index in [1.807, 2.05) is 18.2 Å². The quantitative estimate of drug-likeness (QED) is 0.779. The number of aromatic nitrogens is 2. The lowest BCUT2D eigenvalue weighted by molar-refractivity contribution is 0.353. The molecule has 0 spiro atoms. The standard InChI is InChI=1S/C16H17N3OS/c1-21-9-8-14(17)16-18-15(19-20-16)13-7-6-11-4-2-3-5-12(11)10-13/h2-7,10,14H,8-9,17H2,1H3. The van der Waals surface area contributed by atoms with Gasteiger partial charge in [0.15, 0.2) is 0 Å². The minimum Gasteiger partial charge on any atom is -0.337 e. The maximum atomic E-state index is 6.05. The summed E-state index contributed by atoms with van der Waals surface area (Å²) in [7, 11) is 0. The van der Waals surface area contributed by atoms with E-state index in [2.05, 4.69) is 40.7 Å². The lowest BCUT2D eigenvalue weighted by atomic mass is 10.1. The first kappa shape index (κ1) is 14.1. The molecule has 0 aliphatic rings. The van der Waals surface area contributed by atoms with Crippen LogP contribution in [0.4, 0.5) is 0 Å². The number of hydrogen-bond donors (Lipinski definition) is 1. The van der Waals surface area contributed by atoms with Crippen molar-refractivity contribution >= 4 is 22.5 Å². The summed E-state index contributed by atoms with van der Waals surface area (Å²) in [5, 5.41) is 6.41. The Morgan fingerprint density at radius 1 is 1.19 bits per heavy atom. The van der Waals surface area contributed by atoms with Crippen LogP contribution in [0.5, 0.6) is 0 Å². The molecular formula is C16H17N3OS. The molecule has 2 N–H and O–H groups in total. The van der Waals surface area contributed by atoms with Gasteiger partial charge in [-0.05, 0) is 35.3 Å². The molecule has 0 saturated carbocycles. The molecule has 21 heavy (non-hydrogen) atoms. The monoisotopic (exact) mass is 299 g/mol. The highest BCUT2D eigenvalue weighted by molar-refractivity contribution is 7.98. The van der Waals surface area contributed by atoms with E-state index < -0.39 is 0 Å². The summed E-state index contributed by atoms with van der Waals surface area (Å²) in [5.41, 5.74) is 7.00. The van der Waals surface area contributed by atoms with Crippen molar-refractivity contribution in [3.05, 3.63) is 48.4 Å². The van der Waals surface area contributed by atoms with Crippen LogP contribution in [-0.2, 0) is 0 Å². The molecule has 0 radical (unpaired) electrons. The van der Waals surface area contributed by atoms with Gasteiger partial charge in [0.1, 0.15) is 0 Å². The number of hydrogen-bond acceptors (Lipinski definition) is 5. The minimum absolute atomic E-state index is 0.195. The summed E-state index contributed by atoms with van der Waals surface area (Å²) >= 11 is 1.76. The van der Waals surface area contributed by atoms with Crippen LogP contribution in [0.2, 0.25) is 0 Å². The molecular weight excluding hydrogens is 282 g/mol. The third kappa shape index (κ3) is 3.09. The highest BCUT2D eigenvalue weighted by Crippen LogP contribution is 2.24. The maximum Gasteiger partial charge on any atom is 0.243 e. The van der Waals surface area contributed by atoms with Crippen molar-refractivity contribution in [2.45, 2.75) is 12.5 Å². The minimum atomic E-state index is -0.195. The van der Waals surface area contributed by atoms with Gasteiger partial charge in [-0.2, -0.15) is 16.7 Å². The number of nitrogens with two attached hydrogens (primary N) is 1. The Kier molecular flexibility index (Phi) is 4.22. The van der Waals surface area contributed by atoms with Crippen molar-refractivity contribution in [1.82, 2.24) is 10.1 Å². The zero-order chi connectivity index (χ0) is 14.7. The molecule has 1 aromatic heterocycles. The first-order valence-corrected chi connectivity index (χ1v) is 8.24. The number of fused-ring (bicyclic) bond motifs is 1. The van der Waals surface area contributed by atoms with Crippen LogP contribution in [0.3, 0.4) is 0 Å². The second-order valence-corrected chi connectivity index (χ2v) is 5.89. The average molecular weight is 299 g/mol. The van der Waals surface area contributed by atoms with E-state index in [1.54, 1.807) is 11.8 Å².